The highest BCUT2D eigenvalue weighted by atomic mass is 16.3. The van der Waals surface area contributed by atoms with Crippen molar-refractivity contribution in [3.05, 3.63) is 78.9 Å². The fourth-order valence-corrected chi connectivity index (χ4v) is 3.02. The van der Waals surface area contributed by atoms with Gasteiger partial charge in [-0.3, -0.25) is 0 Å². The molecule has 4 rings (SSSR count). The van der Waals surface area contributed by atoms with Crippen molar-refractivity contribution in [1.29, 1.82) is 0 Å². The number of oxazole rings is 1. The van der Waals surface area contributed by atoms with Crippen molar-refractivity contribution < 1.29 is 4.42 Å². The summed E-state index contributed by atoms with van der Waals surface area (Å²) in [5, 5.41) is 4.55. The zero-order valence-electron chi connectivity index (χ0n) is 14.1. The topological polar surface area (TPSA) is 43.9 Å². The van der Waals surface area contributed by atoms with E-state index in [1.807, 2.05) is 35.3 Å². The van der Waals surface area contributed by atoms with E-state index >= 15 is 0 Å². The molecule has 0 amide bonds. The van der Waals surface area contributed by atoms with Crippen LogP contribution in [0, 0.1) is 0 Å². The Hall–Kier alpha value is -3.14. The van der Waals surface area contributed by atoms with E-state index in [1.54, 1.807) is 12.5 Å². The first-order chi connectivity index (χ1) is 12.3. The van der Waals surface area contributed by atoms with Gasteiger partial charge < -0.3 is 4.42 Å². The molecule has 0 saturated heterocycles. The fraction of sp³-hybridized carbons (Fsp3) is 0.143. The number of aromatic nitrogens is 3. The summed E-state index contributed by atoms with van der Waals surface area (Å²) in [4.78, 5) is 4.28. The molecule has 0 spiro atoms. The summed E-state index contributed by atoms with van der Waals surface area (Å²) in [6.07, 6.45) is 9.40. The molecule has 0 aliphatic rings. The van der Waals surface area contributed by atoms with Crippen molar-refractivity contribution in [3.63, 3.8) is 0 Å². The highest BCUT2D eigenvalue weighted by Gasteiger charge is 2.12. The fourth-order valence-electron chi connectivity index (χ4n) is 3.02. The number of benzene rings is 2. The van der Waals surface area contributed by atoms with E-state index in [1.165, 1.54) is 5.56 Å². The van der Waals surface area contributed by atoms with Gasteiger partial charge in [0.2, 0.25) is 5.89 Å². The van der Waals surface area contributed by atoms with Crippen molar-refractivity contribution in [2.75, 3.05) is 0 Å². The van der Waals surface area contributed by atoms with Crippen LogP contribution in [-0.2, 0) is 6.42 Å². The summed E-state index contributed by atoms with van der Waals surface area (Å²) in [6.45, 7) is 2.19. The minimum atomic E-state index is 0.619. The molecule has 124 valence electrons. The molecule has 4 nitrogen and oxygen atoms in total. The van der Waals surface area contributed by atoms with Crippen LogP contribution in [0.15, 0.2) is 77.8 Å². The molecule has 0 atom stereocenters. The van der Waals surface area contributed by atoms with Crippen LogP contribution in [0.5, 0.6) is 0 Å². The molecule has 4 aromatic rings. The van der Waals surface area contributed by atoms with Crippen LogP contribution in [-0.4, -0.2) is 14.8 Å². The molecule has 4 heteroatoms. The number of rotatable bonds is 5. The Balaban J connectivity index is 1.72. The molecule has 0 radical (unpaired) electrons. The van der Waals surface area contributed by atoms with E-state index in [4.69, 9.17) is 4.42 Å². The molecule has 2 aromatic carbocycles. The van der Waals surface area contributed by atoms with E-state index in [0.717, 1.165) is 35.2 Å². The minimum Gasteiger partial charge on any atom is -0.445 e. The molecule has 0 unspecified atom stereocenters. The second kappa shape index (κ2) is 6.77. The van der Waals surface area contributed by atoms with Gasteiger partial charge in [0.05, 0.1) is 18.1 Å². The first-order valence-electron chi connectivity index (χ1n) is 8.48. The third-order valence-corrected chi connectivity index (χ3v) is 4.20. The van der Waals surface area contributed by atoms with Crippen molar-refractivity contribution >= 4 is 0 Å². The van der Waals surface area contributed by atoms with E-state index in [-0.39, 0.29) is 0 Å². The zero-order valence-corrected chi connectivity index (χ0v) is 14.1. The summed E-state index contributed by atoms with van der Waals surface area (Å²) in [7, 11) is 0. The van der Waals surface area contributed by atoms with Crippen molar-refractivity contribution in [2.45, 2.75) is 19.8 Å². The Morgan fingerprint density at radius 2 is 1.92 bits per heavy atom. The predicted octanol–water partition coefficient (Wildman–Crippen LogP) is 5.15. The summed E-state index contributed by atoms with van der Waals surface area (Å²) in [5.41, 5.74) is 5.46. The minimum absolute atomic E-state index is 0.619. The molecule has 0 saturated carbocycles. The normalized spacial score (nSPS) is 10.9. The lowest BCUT2D eigenvalue weighted by Gasteiger charge is -2.05. The van der Waals surface area contributed by atoms with Crippen molar-refractivity contribution in [1.82, 2.24) is 14.8 Å². The van der Waals surface area contributed by atoms with Crippen LogP contribution in [0.2, 0.25) is 0 Å². The van der Waals surface area contributed by atoms with E-state index in [2.05, 4.69) is 47.3 Å². The van der Waals surface area contributed by atoms with Gasteiger partial charge in [-0.25, -0.2) is 9.67 Å². The third kappa shape index (κ3) is 3.11. The van der Waals surface area contributed by atoms with Crippen LogP contribution in [0.3, 0.4) is 0 Å². The molecule has 2 heterocycles. The Labute approximate surface area is 146 Å². The smallest absolute Gasteiger partial charge is 0.226 e. The third-order valence-electron chi connectivity index (χ3n) is 4.20. The molecular formula is C21H19N3O. The van der Waals surface area contributed by atoms with Gasteiger partial charge in [-0.15, -0.1) is 0 Å². The standard InChI is InChI=1S/C21H19N3O/c1-2-6-16-7-5-8-18(13-16)24-15-17(14-23-24)19-9-3-4-10-20(19)21-22-11-12-25-21/h3-5,7-15H,2,6H2,1H3. The van der Waals surface area contributed by atoms with Gasteiger partial charge in [0.25, 0.3) is 0 Å². The van der Waals surface area contributed by atoms with Gasteiger partial charge in [-0.1, -0.05) is 43.7 Å². The van der Waals surface area contributed by atoms with Gasteiger partial charge in [0, 0.05) is 17.3 Å². The highest BCUT2D eigenvalue weighted by molar-refractivity contribution is 5.79. The van der Waals surface area contributed by atoms with Gasteiger partial charge in [0.15, 0.2) is 0 Å². The van der Waals surface area contributed by atoms with Crippen LogP contribution in [0.25, 0.3) is 28.3 Å². The Morgan fingerprint density at radius 3 is 2.72 bits per heavy atom. The van der Waals surface area contributed by atoms with Gasteiger partial charge in [-0.05, 0) is 35.7 Å². The zero-order chi connectivity index (χ0) is 17.1. The first-order valence-corrected chi connectivity index (χ1v) is 8.48. The van der Waals surface area contributed by atoms with Crippen molar-refractivity contribution in [2.24, 2.45) is 0 Å². The average Bonchev–Trinajstić information content (AvgIpc) is 3.34. The molecule has 25 heavy (non-hydrogen) atoms. The molecular weight excluding hydrogens is 310 g/mol. The number of aryl methyl sites for hydroxylation is 1. The second-order valence-corrected chi connectivity index (χ2v) is 5.98. The summed E-state index contributed by atoms with van der Waals surface area (Å²) >= 11 is 0. The summed E-state index contributed by atoms with van der Waals surface area (Å²) in [5.74, 6) is 0.619. The molecule has 0 aliphatic heterocycles. The van der Waals surface area contributed by atoms with Crippen molar-refractivity contribution in [3.8, 4) is 28.3 Å². The Kier molecular flexibility index (Phi) is 4.17. The summed E-state index contributed by atoms with van der Waals surface area (Å²) < 4.78 is 7.39. The lowest BCUT2D eigenvalue weighted by Crippen LogP contribution is -1.95. The lowest BCUT2D eigenvalue weighted by molar-refractivity contribution is 0.575. The van der Waals surface area contributed by atoms with Gasteiger partial charge in [-0.2, -0.15) is 5.10 Å². The Bertz CT molecular complexity index is 970. The van der Waals surface area contributed by atoms with Crippen LogP contribution >= 0.6 is 0 Å². The van der Waals surface area contributed by atoms with Gasteiger partial charge >= 0.3 is 0 Å². The Morgan fingerprint density at radius 1 is 1.04 bits per heavy atom. The predicted molar refractivity (Wildman–Crippen MR) is 98.5 cm³/mol. The average molecular weight is 329 g/mol. The quantitative estimate of drug-likeness (QED) is 0.509. The van der Waals surface area contributed by atoms with E-state index in [9.17, 15) is 0 Å². The van der Waals surface area contributed by atoms with Crippen LogP contribution in [0.1, 0.15) is 18.9 Å². The maximum absolute atomic E-state index is 5.48. The molecule has 0 aliphatic carbocycles. The maximum Gasteiger partial charge on any atom is 0.226 e. The second-order valence-electron chi connectivity index (χ2n) is 5.98. The molecule has 2 aromatic heterocycles. The van der Waals surface area contributed by atoms with E-state index in [0.29, 0.717) is 5.89 Å². The lowest BCUT2D eigenvalue weighted by atomic mass is 10.0. The number of hydrogen-bond acceptors (Lipinski definition) is 3. The maximum atomic E-state index is 5.48. The largest absolute Gasteiger partial charge is 0.445 e. The van der Waals surface area contributed by atoms with Crippen LogP contribution in [0.4, 0.5) is 0 Å². The number of nitrogens with zero attached hydrogens (tertiary/aromatic N) is 3. The first kappa shape index (κ1) is 15.4. The highest BCUT2D eigenvalue weighted by Crippen LogP contribution is 2.31. The monoisotopic (exact) mass is 329 g/mol. The van der Waals surface area contributed by atoms with Gasteiger partial charge in [0.1, 0.15) is 6.26 Å². The molecule has 0 N–H and O–H groups in total. The number of hydrogen-bond donors (Lipinski definition) is 0. The SMILES string of the molecule is CCCc1cccc(-n2cc(-c3ccccc3-c3ncco3)cn2)c1. The molecule has 0 fully saturated rings. The molecule has 0 bridgehead atoms. The van der Waals surface area contributed by atoms with Crippen LogP contribution < -0.4 is 0 Å². The summed E-state index contributed by atoms with van der Waals surface area (Å²) in [6, 6.07) is 16.6. The van der Waals surface area contributed by atoms with E-state index < -0.39 is 0 Å².